The molecule has 2 N–H and O–H groups in total. The minimum absolute atomic E-state index is 0.201. The fourth-order valence-corrected chi connectivity index (χ4v) is 3.07. The number of hydrogen-bond donors (Lipinski definition) is 2. The summed E-state index contributed by atoms with van der Waals surface area (Å²) in [6.45, 7) is 7.00. The first-order chi connectivity index (χ1) is 13.1. The van der Waals surface area contributed by atoms with Crippen LogP contribution in [0.5, 0.6) is 11.5 Å². The van der Waals surface area contributed by atoms with Gasteiger partial charge in [-0.25, -0.2) is 4.79 Å². The Morgan fingerprint density at radius 1 is 1.04 bits per heavy atom. The predicted molar refractivity (Wildman–Crippen MR) is 109 cm³/mol. The second kappa shape index (κ2) is 9.39. The van der Waals surface area contributed by atoms with E-state index in [-0.39, 0.29) is 6.03 Å². The zero-order chi connectivity index (χ0) is 19.1. The standard InChI is InChI=1S/C21H28N4O2/c1-17(25-13-11-24(2)12-14-25)16-22-21(26)23-18-7-6-10-20(15-18)27-19-8-4-3-5-9-19/h3-10,15,17H,11-14,16H2,1-2H3,(H2,22,23,26)/t17-/m1/s1. The van der Waals surface area contributed by atoms with Crippen molar-refractivity contribution in [3.05, 3.63) is 54.6 Å². The Balaban J connectivity index is 1.47. The smallest absolute Gasteiger partial charge is 0.319 e. The quantitative estimate of drug-likeness (QED) is 0.822. The molecule has 0 unspecified atom stereocenters. The van der Waals surface area contributed by atoms with Crippen LogP contribution in [0.15, 0.2) is 54.6 Å². The molecule has 1 aliphatic heterocycles. The molecule has 2 amide bonds. The van der Waals surface area contributed by atoms with Crippen LogP contribution in [0.4, 0.5) is 10.5 Å². The van der Waals surface area contributed by atoms with E-state index in [1.54, 1.807) is 0 Å². The first kappa shape index (κ1) is 19.2. The van der Waals surface area contributed by atoms with Crippen molar-refractivity contribution >= 4 is 11.7 Å². The van der Waals surface area contributed by atoms with Gasteiger partial charge in [-0.3, -0.25) is 4.90 Å². The van der Waals surface area contributed by atoms with Crippen molar-refractivity contribution in [2.75, 3.05) is 45.1 Å². The molecule has 0 aromatic heterocycles. The average molecular weight is 368 g/mol. The molecule has 27 heavy (non-hydrogen) atoms. The van der Waals surface area contributed by atoms with Gasteiger partial charge in [0.25, 0.3) is 0 Å². The van der Waals surface area contributed by atoms with Crippen molar-refractivity contribution in [2.45, 2.75) is 13.0 Å². The number of amides is 2. The van der Waals surface area contributed by atoms with Gasteiger partial charge in [0.05, 0.1) is 0 Å². The highest BCUT2D eigenvalue weighted by molar-refractivity contribution is 5.89. The van der Waals surface area contributed by atoms with E-state index in [4.69, 9.17) is 4.74 Å². The molecule has 1 fully saturated rings. The van der Waals surface area contributed by atoms with E-state index < -0.39 is 0 Å². The maximum Gasteiger partial charge on any atom is 0.319 e. The fourth-order valence-electron chi connectivity index (χ4n) is 3.07. The van der Waals surface area contributed by atoms with Gasteiger partial charge in [-0.05, 0) is 38.2 Å². The lowest BCUT2D eigenvalue weighted by Crippen LogP contribution is -2.51. The van der Waals surface area contributed by atoms with Crippen molar-refractivity contribution < 1.29 is 9.53 Å². The number of ether oxygens (including phenoxy) is 1. The molecule has 2 aromatic rings. The largest absolute Gasteiger partial charge is 0.457 e. The highest BCUT2D eigenvalue weighted by atomic mass is 16.5. The number of carbonyl (C=O) groups excluding carboxylic acids is 1. The van der Waals surface area contributed by atoms with Crippen LogP contribution < -0.4 is 15.4 Å². The molecule has 2 aromatic carbocycles. The van der Waals surface area contributed by atoms with Gasteiger partial charge in [0.15, 0.2) is 0 Å². The number of rotatable bonds is 6. The topological polar surface area (TPSA) is 56.8 Å². The summed E-state index contributed by atoms with van der Waals surface area (Å²) in [4.78, 5) is 17.0. The van der Waals surface area contributed by atoms with Crippen molar-refractivity contribution in [1.29, 1.82) is 0 Å². The highest BCUT2D eigenvalue weighted by Gasteiger charge is 2.19. The number of nitrogens with zero attached hydrogens (tertiary/aromatic N) is 2. The predicted octanol–water partition coefficient (Wildman–Crippen LogP) is 3.24. The van der Waals surface area contributed by atoms with Crippen LogP contribution in [0.3, 0.4) is 0 Å². The Bertz CT molecular complexity index is 730. The molecule has 1 aliphatic rings. The minimum atomic E-state index is -0.201. The average Bonchev–Trinajstić information content (AvgIpc) is 2.68. The number of likely N-dealkylation sites (N-methyl/N-ethyl adjacent to an activating group) is 1. The Labute approximate surface area is 161 Å². The molecule has 144 valence electrons. The fraction of sp³-hybridized carbons (Fsp3) is 0.381. The van der Waals surface area contributed by atoms with Crippen LogP contribution in [-0.4, -0.2) is 61.6 Å². The zero-order valence-corrected chi connectivity index (χ0v) is 16.0. The number of anilines is 1. The number of para-hydroxylation sites is 1. The molecule has 0 radical (unpaired) electrons. The normalized spacial score (nSPS) is 16.5. The molecule has 6 nitrogen and oxygen atoms in total. The summed E-state index contributed by atoms with van der Waals surface area (Å²) in [5.41, 5.74) is 0.702. The van der Waals surface area contributed by atoms with Crippen LogP contribution in [0.1, 0.15) is 6.92 Å². The van der Waals surface area contributed by atoms with Crippen LogP contribution >= 0.6 is 0 Å². The molecular formula is C21H28N4O2. The Morgan fingerprint density at radius 2 is 1.74 bits per heavy atom. The molecule has 6 heteroatoms. The summed E-state index contributed by atoms with van der Waals surface area (Å²) in [5.74, 6) is 1.45. The monoisotopic (exact) mass is 368 g/mol. The van der Waals surface area contributed by atoms with E-state index in [0.717, 1.165) is 31.9 Å². The molecule has 0 aliphatic carbocycles. The molecule has 1 heterocycles. The molecular weight excluding hydrogens is 340 g/mol. The first-order valence-electron chi connectivity index (χ1n) is 9.40. The first-order valence-corrected chi connectivity index (χ1v) is 9.40. The molecule has 1 atom stereocenters. The molecule has 0 spiro atoms. The second-order valence-corrected chi connectivity index (χ2v) is 6.97. The highest BCUT2D eigenvalue weighted by Crippen LogP contribution is 2.23. The van der Waals surface area contributed by atoms with E-state index >= 15 is 0 Å². The second-order valence-electron chi connectivity index (χ2n) is 6.97. The van der Waals surface area contributed by atoms with Gasteiger partial charge in [-0.2, -0.15) is 0 Å². The van der Waals surface area contributed by atoms with Crippen LogP contribution in [0.2, 0.25) is 0 Å². The Kier molecular flexibility index (Phi) is 6.68. The third kappa shape index (κ3) is 5.98. The van der Waals surface area contributed by atoms with E-state index in [1.807, 2.05) is 54.6 Å². The SMILES string of the molecule is C[C@H](CNC(=O)Nc1cccc(Oc2ccccc2)c1)N1CCN(C)CC1. The zero-order valence-electron chi connectivity index (χ0n) is 16.0. The van der Waals surface area contributed by atoms with E-state index in [1.165, 1.54) is 0 Å². The number of carbonyl (C=O) groups is 1. The summed E-state index contributed by atoms with van der Waals surface area (Å²) in [5, 5.41) is 5.84. The molecule has 0 bridgehead atoms. The van der Waals surface area contributed by atoms with Gasteiger partial charge >= 0.3 is 6.03 Å². The maximum atomic E-state index is 12.2. The number of benzene rings is 2. The lowest BCUT2D eigenvalue weighted by molar-refractivity contribution is 0.119. The van der Waals surface area contributed by atoms with E-state index in [0.29, 0.717) is 24.0 Å². The van der Waals surface area contributed by atoms with Gasteiger partial charge in [0.2, 0.25) is 0 Å². The summed E-state index contributed by atoms with van der Waals surface area (Å²) < 4.78 is 5.80. The lowest BCUT2D eigenvalue weighted by Gasteiger charge is -2.36. The van der Waals surface area contributed by atoms with E-state index in [2.05, 4.69) is 34.4 Å². The van der Waals surface area contributed by atoms with Gasteiger partial charge < -0.3 is 20.3 Å². The third-order valence-corrected chi connectivity index (χ3v) is 4.79. The number of piperazine rings is 1. The summed E-state index contributed by atoms with van der Waals surface area (Å²) in [7, 11) is 2.14. The summed E-state index contributed by atoms with van der Waals surface area (Å²) >= 11 is 0. The number of urea groups is 1. The third-order valence-electron chi connectivity index (χ3n) is 4.79. The van der Waals surface area contributed by atoms with Crippen molar-refractivity contribution in [3.63, 3.8) is 0 Å². The molecule has 0 saturated carbocycles. The van der Waals surface area contributed by atoms with Crippen LogP contribution in [0, 0.1) is 0 Å². The molecule has 3 rings (SSSR count). The van der Waals surface area contributed by atoms with Crippen molar-refractivity contribution in [3.8, 4) is 11.5 Å². The minimum Gasteiger partial charge on any atom is -0.457 e. The van der Waals surface area contributed by atoms with Crippen LogP contribution in [0.25, 0.3) is 0 Å². The lowest BCUT2D eigenvalue weighted by atomic mass is 10.2. The summed E-state index contributed by atoms with van der Waals surface area (Å²) in [6, 6.07) is 17.1. The van der Waals surface area contributed by atoms with E-state index in [9.17, 15) is 4.79 Å². The van der Waals surface area contributed by atoms with Gasteiger partial charge in [0, 0.05) is 50.5 Å². The van der Waals surface area contributed by atoms with Gasteiger partial charge in [0.1, 0.15) is 11.5 Å². The van der Waals surface area contributed by atoms with Crippen LogP contribution in [-0.2, 0) is 0 Å². The molecule has 1 saturated heterocycles. The Morgan fingerprint density at radius 3 is 2.48 bits per heavy atom. The number of nitrogens with one attached hydrogen (secondary N) is 2. The number of hydrogen-bond acceptors (Lipinski definition) is 4. The van der Waals surface area contributed by atoms with Gasteiger partial charge in [-0.15, -0.1) is 0 Å². The summed E-state index contributed by atoms with van der Waals surface area (Å²) in [6.07, 6.45) is 0. The Hall–Kier alpha value is -2.57. The van der Waals surface area contributed by atoms with Crippen molar-refractivity contribution in [1.82, 2.24) is 15.1 Å². The van der Waals surface area contributed by atoms with Crippen molar-refractivity contribution in [2.24, 2.45) is 0 Å². The maximum absolute atomic E-state index is 12.2. The van der Waals surface area contributed by atoms with Gasteiger partial charge in [-0.1, -0.05) is 24.3 Å².